The normalized spacial score (nSPS) is 17.8. The molecular weight excluding hydrogens is 398 g/mol. The fourth-order valence-electron chi connectivity index (χ4n) is 1.30. The first-order valence-electron chi connectivity index (χ1n) is 5.76. The van der Waals surface area contributed by atoms with Crippen LogP contribution in [0.2, 0.25) is 12.6 Å². The van der Waals surface area contributed by atoms with E-state index in [1.54, 1.807) is 0 Å². The van der Waals surface area contributed by atoms with Crippen molar-refractivity contribution in [3.63, 3.8) is 0 Å². The second-order valence-electron chi connectivity index (χ2n) is 4.51. The second kappa shape index (κ2) is 6.78. The van der Waals surface area contributed by atoms with Gasteiger partial charge in [-0.1, -0.05) is 19.8 Å². The monoisotopic (exact) mass is 412 g/mol. The van der Waals surface area contributed by atoms with E-state index in [4.69, 9.17) is 0 Å². The van der Waals surface area contributed by atoms with E-state index in [0.29, 0.717) is 6.55 Å². The third-order valence-electron chi connectivity index (χ3n) is 2.73. The molecule has 1 unspecified atom stereocenters. The van der Waals surface area contributed by atoms with E-state index in [-0.39, 0.29) is 12.8 Å². The lowest BCUT2D eigenvalue weighted by molar-refractivity contribution is -0.0421. The van der Waals surface area contributed by atoms with E-state index in [9.17, 15) is 43.2 Å². The van der Waals surface area contributed by atoms with E-state index in [1.807, 2.05) is 0 Å². The Morgan fingerprint density at radius 3 is 1.77 bits per heavy atom. The quantitative estimate of drug-likeness (QED) is 0.470. The first kappa shape index (κ1) is 21.9. The van der Waals surface area contributed by atoms with Crippen LogP contribution in [0.4, 0.5) is 26.3 Å². The van der Waals surface area contributed by atoms with Gasteiger partial charge in [0, 0.05) is 0 Å². The molecule has 0 N–H and O–H groups in total. The van der Waals surface area contributed by atoms with Crippen molar-refractivity contribution in [3.8, 4) is 0 Å². The molecule has 0 aromatic carbocycles. The average Bonchev–Trinajstić information content (AvgIpc) is 2.31. The van der Waals surface area contributed by atoms with Crippen LogP contribution in [-0.4, -0.2) is 44.2 Å². The molecule has 5 nitrogen and oxygen atoms in total. The van der Waals surface area contributed by atoms with Crippen molar-refractivity contribution in [3.05, 3.63) is 0 Å². The van der Waals surface area contributed by atoms with Crippen molar-refractivity contribution >= 4 is 35.0 Å². The minimum atomic E-state index is -5.86. The lowest BCUT2D eigenvalue weighted by atomic mass is 10.4. The molecule has 22 heavy (non-hydrogen) atoms. The molecular formula is C7H14F6O5S2Si2. The maximum Gasteiger partial charge on any atom is 0.493 e. The summed E-state index contributed by atoms with van der Waals surface area (Å²) in [7, 11) is -20.0. The fourth-order valence-corrected chi connectivity index (χ4v) is 15.4. The Bertz CT molecular complexity index is 583. The molecule has 0 fully saturated rings. The Hall–Kier alpha value is -0.126. The molecule has 0 aromatic rings. The van der Waals surface area contributed by atoms with Gasteiger partial charge in [0.1, 0.15) is 0 Å². The van der Waals surface area contributed by atoms with Crippen LogP contribution in [0, 0.1) is 0 Å². The zero-order valence-electron chi connectivity index (χ0n) is 11.5. The Balaban J connectivity index is 5.60. The smallest absolute Gasteiger partial charge is 0.437 e. The molecule has 0 bridgehead atoms. The first-order valence-corrected chi connectivity index (χ1v) is 14.5. The zero-order chi connectivity index (χ0) is 18.0. The standard InChI is InChI=1S/C7H14F6O5S2Si2/c1-3-4-5-22(2,20(16,17)7(11,12)13)18-21-19(14,15)6(8,9)10/h3-5,21H2,1-2H3. The summed E-state index contributed by atoms with van der Waals surface area (Å²) in [4.78, 5) is 0. The van der Waals surface area contributed by atoms with E-state index < -0.39 is 52.0 Å². The molecule has 0 aliphatic rings. The molecule has 0 aliphatic carbocycles. The van der Waals surface area contributed by atoms with Crippen LogP contribution in [-0.2, 0) is 22.7 Å². The van der Waals surface area contributed by atoms with Crippen molar-refractivity contribution < 1.29 is 47.3 Å². The minimum absolute atomic E-state index is 0.0432. The topological polar surface area (TPSA) is 77.5 Å². The SMILES string of the molecule is CCCC[Si](C)(O[SiH2]S(=O)(=O)C(F)(F)F)S(=O)(=O)C(F)(F)F. The van der Waals surface area contributed by atoms with Crippen LogP contribution in [0.1, 0.15) is 19.8 Å². The highest BCUT2D eigenvalue weighted by atomic mass is 32.4. The first-order chi connectivity index (χ1) is 9.52. The molecule has 0 radical (unpaired) electrons. The minimum Gasteiger partial charge on any atom is -0.437 e. The Labute approximate surface area is 126 Å². The summed E-state index contributed by atoms with van der Waals surface area (Å²) < 4.78 is 124. The van der Waals surface area contributed by atoms with E-state index in [1.165, 1.54) is 6.92 Å². The van der Waals surface area contributed by atoms with Crippen molar-refractivity contribution in [2.24, 2.45) is 0 Å². The predicted molar refractivity (Wildman–Crippen MR) is 70.9 cm³/mol. The van der Waals surface area contributed by atoms with Gasteiger partial charge in [0.15, 0.2) is 0 Å². The molecule has 0 saturated heterocycles. The average molecular weight is 412 g/mol. The second-order valence-corrected chi connectivity index (χ2v) is 19.0. The highest BCUT2D eigenvalue weighted by Crippen LogP contribution is 2.35. The molecule has 0 rings (SSSR count). The molecule has 0 saturated carbocycles. The Morgan fingerprint density at radius 1 is 1.00 bits per heavy atom. The molecule has 0 aliphatic heterocycles. The molecule has 0 aromatic heterocycles. The number of halogens is 6. The molecule has 15 heteroatoms. The van der Waals surface area contributed by atoms with Crippen molar-refractivity contribution in [2.45, 2.75) is 43.4 Å². The van der Waals surface area contributed by atoms with Gasteiger partial charge in [-0.05, 0) is 12.6 Å². The summed E-state index contributed by atoms with van der Waals surface area (Å²) >= 11 is 0. The number of unbranched alkanes of at least 4 members (excludes halogenated alkanes) is 1. The number of rotatable bonds is 7. The summed E-state index contributed by atoms with van der Waals surface area (Å²) in [5, 5.41) is 0. The van der Waals surface area contributed by atoms with E-state index in [0.717, 1.165) is 0 Å². The largest absolute Gasteiger partial charge is 0.493 e. The van der Waals surface area contributed by atoms with Gasteiger partial charge in [-0.2, -0.15) is 26.3 Å². The molecule has 1 atom stereocenters. The number of alkyl halides is 6. The molecule has 0 heterocycles. The van der Waals surface area contributed by atoms with Crippen LogP contribution in [0.3, 0.4) is 0 Å². The van der Waals surface area contributed by atoms with Gasteiger partial charge in [0.2, 0.25) is 18.6 Å². The summed E-state index contributed by atoms with van der Waals surface area (Å²) in [5.41, 5.74) is -11.4. The van der Waals surface area contributed by atoms with Crippen LogP contribution in [0.25, 0.3) is 0 Å². The molecule has 0 spiro atoms. The lowest BCUT2D eigenvalue weighted by Gasteiger charge is -2.27. The van der Waals surface area contributed by atoms with Gasteiger partial charge in [0.05, 0.1) is 0 Å². The van der Waals surface area contributed by atoms with Crippen LogP contribution in [0.15, 0.2) is 0 Å². The summed E-state index contributed by atoms with van der Waals surface area (Å²) in [6.45, 7) is 2.10. The van der Waals surface area contributed by atoms with Gasteiger partial charge in [-0.25, -0.2) is 16.8 Å². The Kier molecular flexibility index (Phi) is 6.74. The van der Waals surface area contributed by atoms with Crippen LogP contribution in [0.5, 0.6) is 0 Å². The summed E-state index contributed by atoms with van der Waals surface area (Å²) in [5.74, 6) is 0. The van der Waals surface area contributed by atoms with E-state index in [2.05, 4.69) is 4.12 Å². The van der Waals surface area contributed by atoms with Crippen molar-refractivity contribution in [1.82, 2.24) is 0 Å². The van der Waals surface area contributed by atoms with Crippen molar-refractivity contribution in [2.75, 3.05) is 0 Å². The molecule has 0 amide bonds. The van der Waals surface area contributed by atoms with Gasteiger partial charge in [-0.3, -0.25) is 0 Å². The number of hydrogen-bond acceptors (Lipinski definition) is 5. The third kappa shape index (κ3) is 4.68. The van der Waals surface area contributed by atoms with Gasteiger partial charge in [-0.15, -0.1) is 0 Å². The van der Waals surface area contributed by atoms with Gasteiger partial charge < -0.3 is 4.12 Å². The summed E-state index contributed by atoms with van der Waals surface area (Å²) in [6, 6.07) is -0.633. The maximum absolute atomic E-state index is 12.6. The molecule has 134 valence electrons. The lowest BCUT2D eigenvalue weighted by Crippen LogP contribution is -2.53. The predicted octanol–water partition coefficient (Wildman–Crippen LogP) is 1.74. The summed E-state index contributed by atoms with van der Waals surface area (Å²) in [6.07, 6.45) is 0.228. The fraction of sp³-hybridized carbons (Fsp3) is 1.00. The third-order valence-corrected chi connectivity index (χ3v) is 18.4. The van der Waals surface area contributed by atoms with Crippen molar-refractivity contribution in [1.29, 1.82) is 0 Å². The van der Waals surface area contributed by atoms with Gasteiger partial charge >= 0.3 is 18.5 Å². The zero-order valence-corrected chi connectivity index (χ0v) is 15.5. The Morgan fingerprint density at radius 2 is 1.45 bits per heavy atom. The van der Waals surface area contributed by atoms with E-state index >= 15 is 0 Å². The maximum atomic E-state index is 12.6. The highest BCUT2D eigenvalue weighted by molar-refractivity contribution is 8.22. The van der Waals surface area contributed by atoms with Crippen LogP contribution >= 0.6 is 0 Å². The van der Waals surface area contributed by atoms with Gasteiger partial charge in [0.25, 0.3) is 8.91 Å². The van der Waals surface area contributed by atoms with Crippen LogP contribution < -0.4 is 0 Å². The highest BCUT2D eigenvalue weighted by Gasteiger charge is 2.61. The number of hydrogen-bond donors (Lipinski definition) is 0.